The van der Waals surface area contributed by atoms with Crippen LogP contribution in [-0.2, 0) is 19.1 Å². The molecule has 4 unspecified atom stereocenters. The Kier molecular flexibility index (Phi) is 11.8. The van der Waals surface area contributed by atoms with E-state index in [0.717, 1.165) is 16.3 Å². The first kappa shape index (κ1) is 27.8. The smallest absolute Gasteiger partial charge is 0.328 e. The number of rotatable bonds is 7. The van der Waals surface area contributed by atoms with E-state index in [1.54, 1.807) is 13.3 Å². The van der Waals surface area contributed by atoms with Crippen molar-refractivity contribution in [3.63, 3.8) is 0 Å². The van der Waals surface area contributed by atoms with Gasteiger partial charge < -0.3 is 25.9 Å². The van der Waals surface area contributed by atoms with Crippen molar-refractivity contribution >= 4 is 52.4 Å². The van der Waals surface area contributed by atoms with E-state index in [2.05, 4.69) is 40.0 Å². The van der Waals surface area contributed by atoms with Gasteiger partial charge in [0.05, 0.1) is 12.6 Å². The summed E-state index contributed by atoms with van der Waals surface area (Å²) >= 11 is 6.44. The zero-order chi connectivity index (χ0) is 23.5. The fraction of sp³-hybridized carbons (Fsp3) is 0.435. The quantitative estimate of drug-likeness (QED) is 0.0989. The molecule has 1 aliphatic rings. The van der Waals surface area contributed by atoms with Crippen LogP contribution in [0.25, 0.3) is 10.8 Å². The van der Waals surface area contributed by atoms with Crippen LogP contribution in [0.5, 0.6) is 0 Å². The van der Waals surface area contributed by atoms with Crippen molar-refractivity contribution in [2.75, 3.05) is 13.2 Å². The SMILES string of the molecule is CCOC(=O)C1NC(=O)C(N[C-]=O)C(c2ccc3ccccc3c2)CCC1CCN.SS.[Fm]. The van der Waals surface area contributed by atoms with E-state index in [-0.39, 0.29) is 18.4 Å². The van der Waals surface area contributed by atoms with Crippen LogP contribution in [-0.4, -0.2) is 43.5 Å². The van der Waals surface area contributed by atoms with E-state index in [4.69, 9.17) is 10.5 Å². The van der Waals surface area contributed by atoms with Gasteiger partial charge in [-0.25, -0.2) is 4.79 Å². The van der Waals surface area contributed by atoms with Crippen LogP contribution in [0.3, 0.4) is 0 Å². The van der Waals surface area contributed by atoms with E-state index < -0.39 is 24.0 Å². The van der Waals surface area contributed by atoms with Gasteiger partial charge in [-0.1, -0.05) is 42.5 Å². The Labute approximate surface area is 199 Å². The Morgan fingerprint density at radius 3 is 2.55 bits per heavy atom. The van der Waals surface area contributed by atoms with Crippen LogP contribution < -0.4 is 16.4 Å². The molecule has 2 aromatic carbocycles. The van der Waals surface area contributed by atoms with E-state index in [1.165, 1.54) is 0 Å². The maximum atomic E-state index is 13.1. The van der Waals surface area contributed by atoms with Crippen LogP contribution in [0.1, 0.15) is 37.7 Å². The van der Waals surface area contributed by atoms with Crippen molar-refractivity contribution in [1.29, 1.82) is 0 Å². The molecule has 1 heterocycles. The standard InChI is InChI=1S/C23H28N3O4.Fm.H2S2/c1-2-30-23(29)20-16(11-12-24)9-10-19(21(25-14-27)22(28)26-20)18-8-7-15-5-3-4-6-17(15)13-18;;1-2/h3-8,13,16,19-21H,2,9-12,24H2,1H3,(H,25,27)(H,26,28);;1-2H/q-1;;. The van der Waals surface area contributed by atoms with Crippen LogP contribution >= 0.6 is 23.3 Å². The second-order valence-electron chi connectivity index (χ2n) is 7.59. The maximum absolute atomic E-state index is 13.1. The number of hydrogen-bond donors (Lipinski definition) is 5. The largest absolute Gasteiger partial charge is 0.520 e. The molecule has 186 valence electrons. The summed E-state index contributed by atoms with van der Waals surface area (Å²) in [5.41, 5.74) is 6.73. The van der Waals surface area contributed by atoms with Crippen molar-refractivity contribution in [3.8, 4) is 0 Å². The molecule has 7 nitrogen and oxygen atoms in total. The molecule has 0 saturated carbocycles. The van der Waals surface area contributed by atoms with Crippen molar-refractivity contribution in [3.05, 3.63) is 48.0 Å². The minimum Gasteiger partial charge on any atom is -0.520 e. The summed E-state index contributed by atoms with van der Waals surface area (Å²) in [6, 6.07) is 12.4. The summed E-state index contributed by atoms with van der Waals surface area (Å²) in [5, 5.41) is 7.51. The average Bonchev–Trinajstić information content (AvgIpc) is 2.81. The summed E-state index contributed by atoms with van der Waals surface area (Å²) in [6.45, 7) is 2.35. The Bertz CT molecular complexity index is 918. The zero-order valence-electron chi connectivity index (χ0n) is 18.3. The van der Waals surface area contributed by atoms with Crippen molar-refractivity contribution < 1.29 is 19.1 Å². The van der Waals surface area contributed by atoms with Gasteiger partial charge in [0, 0.05) is 5.92 Å². The van der Waals surface area contributed by atoms with Gasteiger partial charge in [0.15, 0.2) is 0 Å². The van der Waals surface area contributed by atoms with E-state index in [1.807, 2.05) is 36.4 Å². The Morgan fingerprint density at radius 1 is 1.21 bits per heavy atom. The molecule has 4 N–H and O–H groups in total. The van der Waals surface area contributed by atoms with Gasteiger partial charge >= 0.3 is 5.97 Å². The van der Waals surface area contributed by atoms with Crippen molar-refractivity contribution in [2.45, 2.75) is 44.2 Å². The van der Waals surface area contributed by atoms with Crippen LogP contribution in [0, 0.1) is 5.92 Å². The molecule has 2 amide bonds. The predicted molar refractivity (Wildman–Crippen MR) is 132 cm³/mol. The molecule has 0 aliphatic carbocycles. The molecule has 4 atom stereocenters. The molecule has 10 heteroatoms. The molecule has 1 fully saturated rings. The van der Waals surface area contributed by atoms with Gasteiger partial charge in [-0.2, -0.15) is 6.41 Å². The molecule has 0 spiro atoms. The molecule has 1 saturated heterocycles. The Balaban J connectivity index is 0.00000177. The number of ether oxygens (including phenoxy) is 1. The molecule has 3 rings (SSSR count). The summed E-state index contributed by atoms with van der Waals surface area (Å²) in [5.74, 6) is -1.28. The number of thiol groups is 2. The first-order valence-corrected chi connectivity index (χ1v) is 12.2. The molecule has 33 heavy (non-hydrogen) atoms. The van der Waals surface area contributed by atoms with Crippen molar-refractivity contribution in [2.24, 2.45) is 11.7 Å². The molecule has 2 aromatic rings. The summed E-state index contributed by atoms with van der Waals surface area (Å²) < 4.78 is 5.17. The second kappa shape index (κ2) is 14.0. The maximum Gasteiger partial charge on any atom is 0.328 e. The van der Waals surface area contributed by atoms with Crippen LogP contribution in [0.4, 0.5) is 0 Å². The van der Waals surface area contributed by atoms with Gasteiger partial charge in [-0.05, 0) is 55.0 Å². The fourth-order valence-corrected chi connectivity index (χ4v) is 4.31. The summed E-state index contributed by atoms with van der Waals surface area (Å²) in [4.78, 5) is 36.7. The number of carbonyl (C=O) groups is 2. The number of esters is 1. The normalized spacial score (nSPS) is 22.4. The minimum absolute atomic E-state index is 0. The van der Waals surface area contributed by atoms with E-state index >= 15 is 0 Å². The second-order valence-corrected chi connectivity index (χ2v) is 7.59. The number of amides is 2. The number of nitrogens with one attached hydrogen (secondary N) is 2. The van der Waals surface area contributed by atoms with Gasteiger partial charge in [-0.3, -0.25) is 4.79 Å². The Morgan fingerprint density at radius 2 is 1.91 bits per heavy atom. The van der Waals surface area contributed by atoms with Gasteiger partial charge in [0.25, 0.3) is 0 Å². The van der Waals surface area contributed by atoms with Crippen LogP contribution in [0.2, 0.25) is 0 Å². The molecule has 0 radical (unpaired) electrons. The van der Waals surface area contributed by atoms with Crippen LogP contribution in [0.15, 0.2) is 42.5 Å². The first-order chi connectivity index (χ1) is 15.6. The third-order valence-corrected chi connectivity index (χ3v) is 5.80. The van der Waals surface area contributed by atoms with E-state index in [9.17, 15) is 14.4 Å². The number of fused-ring (bicyclic) bond motifs is 1. The Hall–Kier alpha value is -3.23. The molecule has 0 bridgehead atoms. The topological polar surface area (TPSA) is 111 Å². The first-order valence-electron chi connectivity index (χ1n) is 10.6. The number of benzene rings is 2. The molecular weight excluding hydrogens is 703 g/mol. The summed E-state index contributed by atoms with van der Waals surface area (Å²) in [7, 11) is 0. The van der Waals surface area contributed by atoms with Gasteiger partial charge in [-0.15, -0.1) is 23.3 Å². The molecular formula is C23H30FmN3O4S2-. The zero-order valence-corrected chi connectivity index (χ0v) is 22.5. The third kappa shape index (κ3) is 6.87. The predicted octanol–water partition coefficient (Wildman–Crippen LogP) is 2.52. The minimum atomic E-state index is -0.834. The monoisotopic (exact) mass is 733 g/mol. The number of nitrogens with two attached hydrogens (primary N) is 1. The van der Waals surface area contributed by atoms with E-state index in [0.29, 0.717) is 25.8 Å². The fourth-order valence-electron chi connectivity index (χ4n) is 4.31. The third-order valence-electron chi connectivity index (χ3n) is 5.80. The molecule has 0 aromatic heterocycles. The van der Waals surface area contributed by atoms with Gasteiger partial charge in [0.2, 0.25) is 5.91 Å². The van der Waals surface area contributed by atoms with Crippen molar-refractivity contribution in [1.82, 2.24) is 10.6 Å². The molecule has 1 aliphatic heterocycles. The summed E-state index contributed by atoms with van der Waals surface area (Å²) in [6.07, 6.45) is 3.53. The number of hydrogen-bond acceptors (Lipinski definition) is 7. The average molecular weight is 734 g/mol. The number of carbonyl (C=O) groups excluding carboxylic acids is 3. The van der Waals surface area contributed by atoms with Gasteiger partial charge in [0.1, 0.15) is 6.04 Å².